The molecule has 0 amide bonds. The molecular formula is CH4IPS. The van der Waals surface area contributed by atoms with Gasteiger partial charge in [0.15, 0.2) is 0 Å². The SMILES string of the molecule is [3H]C(P)(S)I. The summed E-state index contributed by atoms with van der Waals surface area (Å²) in [5, 5.41) is 0. The first-order chi connectivity index (χ1) is 2.00. The zero-order chi connectivity index (χ0) is 4.50. The van der Waals surface area contributed by atoms with Crippen LogP contribution in [0.4, 0.5) is 0 Å². The maximum Gasteiger partial charge on any atom is 0.0671 e. The molecule has 2 atom stereocenters. The van der Waals surface area contributed by atoms with E-state index in [0.717, 1.165) is 0 Å². The Balaban J connectivity index is 3.02. The summed E-state index contributed by atoms with van der Waals surface area (Å²) in [6, 6.07) is 0. The smallest absolute Gasteiger partial charge is 0.0671 e. The molecule has 4 heavy (non-hydrogen) atoms. The molecule has 0 radical (unpaired) electrons. The monoisotopic (exact) mass is 208 g/mol. The van der Waals surface area contributed by atoms with Crippen LogP contribution in [0.2, 0.25) is 0 Å². The Hall–Kier alpha value is 1.51. The number of hydrogen-bond donors (Lipinski definition) is 1. The van der Waals surface area contributed by atoms with E-state index in [9.17, 15) is 0 Å². The average molecular weight is 208 g/mol. The third kappa shape index (κ3) is 9.70. The zero-order valence-corrected chi connectivity index (χ0v) is 6.11. The summed E-state index contributed by atoms with van der Waals surface area (Å²) in [4.78, 5) is 0. The Kier molecular flexibility index (Phi) is 2.52. The fourth-order valence-corrected chi connectivity index (χ4v) is 0. The van der Waals surface area contributed by atoms with Gasteiger partial charge in [0.2, 0.25) is 0 Å². The maximum atomic E-state index is 6.75. The molecule has 0 aliphatic heterocycles. The van der Waals surface area contributed by atoms with E-state index in [0.29, 0.717) is 0 Å². The molecule has 0 rings (SSSR count). The van der Waals surface area contributed by atoms with E-state index >= 15 is 0 Å². The van der Waals surface area contributed by atoms with Crippen molar-refractivity contribution < 1.29 is 1.37 Å². The molecule has 0 aromatic heterocycles. The van der Waals surface area contributed by atoms with Crippen LogP contribution in [0, 0.1) is 0 Å². The number of hydrogen-bond acceptors (Lipinski definition) is 1. The Morgan fingerprint density at radius 2 is 2.50 bits per heavy atom. The highest BCUT2D eigenvalue weighted by Gasteiger charge is 1.71. The second-order valence-corrected chi connectivity index (χ2v) is 5.06. The van der Waals surface area contributed by atoms with Crippen LogP contribution in [0.15, 0.2) is 0 Å². The lowest BCUT2D eigenvalue weighted by molar-refractivity contribution is 2.25. The molecule has 0 bridgehead atoms. The van der Waals surface area contributed by atoms with Gasteiger partial charge in [0.1, 0.15) is 0 Å². The molecule has 0 aromatic carbocycles. The van der Waals surface area contributed by atoms with Gasteiger partial charge in [-0.3, -0.25) is 0 Å². The fourth-order valence-electron chi connectivity index (χ4n) is 0. The summed E-state index contributed by atoms with van der Waals surface area (Å²) >= 11 is 5.61. The highest BCUT2D eigenvalue weighted by atomic mass is 127. The molecule has 2 unspecified atom stereocenters. The molecule has 0 aliphatic carbocycles. The van der Waals surface area contributed by atoms with E-state index < -0.39 is 2.97 Å². The highest BCUT2D eigenvalue weighted by Crippen LogP contribution is 2.11. The second-order valence-electron chi connectivity index (χ2n) is 0.323. The molecule has 0 heterocycles. The van der Waals surface area contributed by atoms with Crippen molar-refractivity contribution in [3.05, 3.63) is 0 Å². The lowest BCUT2D eigenvalue weighted by Crippen LogP contribution is -1.51. The van der Waals surface area contributed by atoms with Crippen molar-refractivity contribution in [3.63, 3.8) is 0 Å². The van der Waals surface area contributed by atoms with Crippen LogP contribution in [-0.4, -0.2) is 2.97 Å². The summed E-state index contributed by atoms with van der Waals surface area (Å²) in [6.07, 6.45) is 0. The predicted octanol–water partition coefficient (Wildman–Crippen LogP) is 1.51. The normalized spacial score (nSPS) is 27.2. The molecule has 0 N–H and O–H groups in total. The number of halogens is 1. The van der Waals surface area contributed by atoms with E-state index in [1.165, 1.54) is 0 Å². The van der Waals surface area contributed by atoms with Crippen molar-refractivity contribution in [1.82, 2.24) is 0 Å². The third-order valence-electron chi connectivity index (χ3n) is 0. The molecule has 0 aromatic rings. The van der Waals surface area contributed by atoms with Gasteiger partial charge in [-0.15, -0.1) is 9.24 Å². The molecule has 0 nitrogen and oxygen atoms in total. The molecule has 0 aliphatic rings. The second kappa shape index (κ2) is 2.73. The Morgan fingerprint density at radius 3 is 2.50 bits per heavy atom. The molecule has 0 fully saturated rings. The van der Waals surface area contributed by atoms with E-state index in [2.05, 4.69) is 21.9 Å². The standard InChI is InChI=1S/CH4IPS/c2-1(3)4/h1,4H,3H2/i1T. The van der Waals surface area contributed by atoms with Gasteiger partial charge in [0.25, 0.3) is 0 Å². The van der Waals surface area contributed by atoms with Gasteiger partial charge < -0.3 is 0 Å². The Morgan fingerprint density at radius 1 is 2.50 bits per heavy atom. The van der Waals surface area contributed by atoms with Gasteiger partial charge in [-0.05, 0) is 0 Å². The minimum atomic E-state index is -0.669. The lowest BCUT2D eigenvalue weighted by Gasteiger charge is -1.76. The minimum Gasteiger partial charge on any atom is -0.161 e. The largest absolute Gasteiger partial charge is 0.161 e. The van der Waals surface area contributed by atoms with Crippen molar-refractivity contribution in [1.29, 1.82) is 0 Å². The van der Waals surface area contributed by atoms with E-state index in [1.54, 1.807) is 0 Å². The topological polar surface area (TPSA) is 0 Å². The minimum absolute atomic E-state index is 0.669. The molecular weight excluding hydrogens is 202 g/mol. The van der Waals surface area contributed by atoms with Gasteiger partial charge >= 0.3 is 0 Å². The van der Waals surface area contributed by atoms with E-state index in [4.69, 9.17) is 1.37 Å². The molecule has 0 saturated carbocycles. The van der Waals surface area contributed by atoms with Crippen LogP contribution in [0.25, 0.3) is 0 Å². The molecule has 3 heteroatoms. The fraction of sp³-hybridized carbons (Fsp3) is 1.00. The summed E-state index contributed by atoms with van der Waals surface area (Å²) in [5.41, 5.74) is 0. The third-order valence-corrected chi connectivity index (χ3v) is 0. The van der Waals surface area contributed by atoms with Crippen molar-refractivity contribution >= 4 is 44.5 Å². The zero-order valence-electron chi connectivity index (χ0n) is 2.90. The number of alkyl halides is 1. The number of rotatable bonds is 0. The Bertz CT molecular complexity index is 27.1. The molecule has 0 saturated heterocycles. The van der Waals surface area contributed by atoms with Gasteiger partial charge in [-0.1, -0.05) is 22.6 Å². The van der Waals surface area contributed by atoms with Crippen LogP contribution >= 0.6 is 44.5 Å². The maximum absolute atomic E-state index is 6.75. The van der Waals surface area contributed by atoms with Crippen molar-refractivity contribution in [2.24, 2.45) is 0 Å². The molecule has 26 valence electrons. The van der Waals surface area contributed by atoms with E-state index in [-0.39, 0.29) is 0 Å². The number of thiol groups is 1. The predicted molar refractivity (Wildman–Crippen MR) is 36.5 cm³/mol. The van der Waals surface area contributed by atoms with Crippen LogP contribution in [-0.2, 0) is 0 Å². The summed E-state index contributed by atoms with van der Waals surface area (Å²) < 4.78 is 6.08. The first kappa shape index (κ1) is 3.69. The van der Waals surface area contributed by atoms with Gasteiger partial charge in [0, 0.05) is 0 Å². The average Bonchev–Trinajstić information content (AvgIpc) is 0.722. The van der Waals surface area contributed by atoms with Crippen molar-refractivity contribution in [3.8, 4) is 0 Å². The summed E-state index contributed by atoms with van der Waals surface area (Å²) in [6.45, 7) is 0. The first-order valence-electron chi connectivity index (χ1n) is 1.20. The van der Waals surface area contributed by atoms with Crippen LogP contribution in [0.1, 0.15) is 1.37 Å². The van der Waals surface area contributed by atoms with Crippen molar-refractivity contribution in [2.45, 2.75) is 2.97 Å². The van der Waals surface area contributed by atoms with E-state index in [1.807, 2.05) is 22.6 Å². The van der Waals surface area contributed by atoms with Crippen LogP contribution in [0.3, 0.4) is 0 Å². The van der Waals surface area contributed by atoms with Crippen LogP contribution < -0.4 is 0 Å². The van der Waals surface area contributed by atoms with Crippen molar-refractivity contribution in [2.75, 3.05) is 0 Å². The van der Waals surface area contributed by atoms with Gasteiger partial charge in [-0.25, -0.2) is 0 Å². The first-order valence-corrected chi connectivity index (χ1v) is 2.80. The van der Waals surface area contributed by atoms with Gasteiger partial charge in [0.05, 0.1) is 4.34 Å². The summed E-state index contributed by atoms with van der Waals surface area (Å²) in [7, 11) is 2.23. The quantitative estimate of drug-likeness (QED) is 0.265. The summed E-state index contributed by atoms with van der Waals surface area (Å²) in [5.74, 6) is 0. The van der Waals surface area contributed by atoms with Crippen LogP contribution in [0.5, 0.6) is 0 Å². The Labute approximate surface area is 48.9 Å². The highest BCUT2D eigenvalue weighted by molar-refractivity contribution is 14.1. The lowest BCUT2D eigenvalue weighted by atomic mass is 11.9. The molecule has 0 spiro atoms. The van der Waals surface area contributed by atoms with Gasteiger partial charge in [-0.2, -0.15) is 12.6 Å².